The van der Waals surface area contributed by atoms with E-state index in [2.05, 4.69) is 15.5 Å². The predicted octanol–water partition coefficient (Wildman–Crippen LogP) is -1.22. The van der Waals surface area contributed by atoms with Gasteiger partial charge >= 0.3 is 0 Å². The number of fused-ring (bicyclic) bond motifs is 2. The molecule has 0 aromatic carbocycles. The van der Waals surface area contributed by atoms with Crippen LogP contribution in [0.4, 0.5) is 0 Å². The van der Waals surface area contributed by atoms with E-state index >= 15 is 0 Å². The molecule has 160 valence electrons. The molecule has 0 spiro atoms. The highest BCUT2D eigenvalue weighted by molar-refractivity contribution is 5.02. The van der Waals surface area contributed by atoms with E-state index in [-0.39, 0.29) is 30.7 Å². The van der Waals surface area contributed by atoms with Crippen LogP contribution in [-0.2, 0) is 4.74 Å². The van der Waals surface area contributed by atoms with Gasteiger partial charge in [-0.3, -0.25) is 15.5 Å². The van der Waals surface area contributed by atoms with Gasteiger partial charge in [-0.15, -0.1) is 0 Å². The topological polar surface area (TPSA) is 117 Å². The second-order valence-electron chi connectivity index (χ2n) is 9.64. The Morgan fingerprint density at radius 2 is 1.79 bits per heavy atom. The molecule has 0 aromatic rings. The number of likely N-dealkylation sites (tertiary alicyclic amines) is 1. The van der Waals surface area contributed by atoms with Crippen molar-refractivity contribution in [1.29, 1.82) is 0 Å². The average Bonchev–Trinajstić information content (AvgIpc) is 3.24. The summed E-state index contributed by atoms with van der Waals surface area (Å²) in [5.74, 6) is 1.93. The van der Waals surface area contributed by atoms with Gasteiger partial charge < -0.3 is 25.2 Å². The minimum Gasteiger partial charge on any atom is -0.395 e. The smallest absolute Gasteiger partial charge is 0.141 e. The van der Waals surface area contributed by atoms with Gasteiger partial charge in [0.15, 0.2) is 0 Å². The fraction of sp³-hybridized carbons (Fsp3) is 1.00. The van der Waals surface area contributed by atoms with Gasteiger partial charge in [0, 0.05) is 25.2 Å². The molecule has 0 radical (unpaired) electrons. The number of ether oxygens (including phenoxy) is 1. The number of rotatable bonds is 4. The van der Waals surface area contributed by atoms with Gasteiger partial charge in [-0.2, -0.15) is 0 Å². The number of aliphatic hydroxyl groups is 4. The first-order valence-electron chi connectivity index (χ1n) is 11.1. The molecule has 28 heavy (non-hydrogen) atoms. The first-order chi connectivity index (χ1) is 13.6. The quantitative estimate of drug-likeness (QED) is 0.350. The van der Waals surface area contributed by atoms with Crippen molar-refractivity contribution in [3.8, 4) is 0 Å². The molecule has 3 heterocycles. The molecular formula is C20H35N3O5. The maximum atomic E-state index is 11.0. The summed E-state index contributed by atoms with van der Waals surface area (Å²) in [4.78, 5) is 2.07. The molecule has 0 amide bonds. The number of aliphatic hydroxyl groups excluding tert-OH is 4. The summed E-state index contributed by atoms with van der Waals surface area (Å²) in [5.41, 5.74) is 0. The van der Waals surface area contributed by atoms with Crippen molar-refractivity contribution in [3.05, 3.63) is 0 Å². The zero-order chi connectivity index (χ0) is 19.4. The summed E-state index contributed by atoms with van der Waals surface area (Å²) in [6, 6.07) is 0.0266. The van der Waals surface area contributed by atoms with Gasteiger partial charge in [-0.25, -0.2) is 0 Å². The number of hydrogen-bond donors (Lipinski definition) is 6. The highest BCUT2D eigenvalue weighted by atomic mass is 16.6. The standard InChI is InChI=1S/C20H35N3O5/c24-8-14-13-5-6-23(19(13)22-9-21-14)20-17(27)16(26)18(28-20)15(25)12-4-2-10-1-3-11(10)7-12/h10-22,24-27H,1-9H2/t10?,11?,12?,13?,14?,15-,16+,17-,18-,19?,20-/m1/s1. The first kappa shape index (κ1) is 19.6. The Hall–Kier alpha value is -0.320. The molecule has 6 unspecified atom stereocenters. The number of nitrogens with one attached hydrogen (secondary N) is 2. The minimum atomic E-state index is -1.08. The SMILES string of the molecule is OCC1NCNC2C1CCN2[C@@H]1O[C@H]([C@H](O)C2CCC3CCC3C2)[C@@H](O)[C@H]1O. The summed E-state index contributed by atoms with van der Waals surface area (Å²) < 4.78 is 6.14. The Morgan fingerprint density at radius 1 is 1.00 bits per heavy atom. The molecule has 2 saturated carbocycles. The van der Waals surface area contributed by atoms with Crippen LogP contribution in [0.2, 0.25) is 0 Å². The van der Waals surface area contributed by atoms with E-state index in [1.807, 2.05) is 0 Å². The molecule has 8 heteroatoms. The summed E-state index contributed by atoms with van der Waals surface area (Å²) >= 11 is 0. The normalized spacial score (nSPS) is 52.7. The van der Waals surface area contributed by atoms with E-state index < -0.39 is 30.6 Å². The molecule has 5 aliphatic rings. The zero-order valence-corrected chi connectivity index (χ0v) is 16.4. The Morgan fingerprint density at radius 3 is 2.50 bits per heavy atom. The van der Waals surface area contributed by atoms with E-state index in [1.165, 1.54) is 12.8 Å². The molecule has 3 saturated heterocycles. The third-order valence-electron chi connectivity index (χ3n) is 8.38. The maximum absolute atomic E-state index is 11.0. The van der Waals surface area contributed by atoms with Crippen LogP contribution in [0.5, 0.6) is 0 Å². The Labute approximate surface area is 166 Å². The van der Waals surface area contributed by atoms with Crippen molar-refractivity contribution >= 4 is 0 Å². The van der Waals surface area contributed by atoms with Crippen molar-refractivity contribution in [2.24, 2.45) is 23.7 Å². The molecular weight excluding hydrogens is 362 g/mol. The third kappa shape index (κ3) is 3.13. The molecule has 3 aliphatic heterocycles. The van der Waals surface area contributed by atoms with Crippen molar-refractivity contribution < 1.29 is 25.2 Å². The van der Waals surface area contributed by atoms with Gasteiger partial charge in [-0.05, 0) is 56.3 Å². The Kier molecular flexibility index (Phi) is 5.43. The second kappa shape index (κ2) is 7.74. The molecule has 5 rings (SSSR count). The summed E-state index contributed by atoms with van der Waals surface area (Å²) in [6.07, 6.45) is 2.40. The van der Waals surface area contributed by atoms with Crippen LogP contribution in [0.25, 0.3) is 0 Å². The van der Waals surface area contributed by atoms with Crippen LogP contribution >= 0.6 is 0 Å². The minimum absolute atomic E-state index is 0.00782. The molecule has 0 bridgehead atoms. The van der Waals surface area contributed by atoms with Crippen molar-refractivity contribution in [2.45, 2.75) is 81.4 Å². The van der Waals surface area contributed by atoms with Crippen molar-refractivity contribution in [3.63, 3.8) is 0 Å². The average molecular weight is 398 g/mol. The predicted molar refractivity (Wildman–Crippen MR) is 101 cm³/mol. The van der Waals surface area contributed by atoms with Gasteiger partial charge in [0.25, 0.3) is 0 Å². The summed E-state index contributed by atoms with van der Waals surface area (Å²) in [6.45, 7) is 1.40. The van der Waals surface area contributed by atoms with Gasteiger partial charge in [-0.1, -0.05) is 0 Å². The van der Waals surface area contributed by atoms with E-state index in [9.17, 15) is 20.4 Å². The highest BCUT2D eigenvalue weighted by Gasteiger charge is 2.54. The molecule has 11 atom stereocenters. The fourth-order valence-electron chi connectivity index (χ4n) is 6.55. The second-order valence-corrected chi connectivity index (χ2v) is 9.64. The number of nitrogens with zero attached hydrogens (tertiary/aromatic N) is 1. The number of hydrogen-bond acceptors (Lipinski definition) is 8. The molecule has 0 aromatic heterocycles. The lowest BCUT2D eigenvalue weighted by atomic mass is 9.61. The van der Waals surface area contributed by atoms with Crippen molar-refractivity contribution in [1.82, 2.24) is 15.5 Å². The molecule has 8 nitrogen and oxygen atoms in total. The van der Waals surface area contributed by atoms with Crippen LogP contribution in [0.3, 0.4) is 0 Å². The van der Waals surface area contributed by atoms with Crippen LogP contribution in [0, 0.1) is 23.7 Å². The van der Waals surface area contributed by atoms with E-state index in [0.29, 0.717) is 6.67 Å². The first-order valence-corrected chi connectivity index (χ1v) is 11.1. The van der Waals surface area contributed by atoms with E-state index in [0.717, 1.165) is 44.1 Å². The lowest BCUT2D eigenvalue weighted by Gasteiger charge is -2.45. The summed E-state index contributed by atoms with van der Waals surface area (Å²) in [5, 5.41) is 48.7. The van der Waals surface area contributed by atoms with Crippen LogP contribution < -0.4 is 10.6 Å². The van der Waals surface area contributed by atoms with Gasteiger partial charge in [0.05, 0.1) is 18.9 Å². The molecule has 5 fully saturated rings. The lowest BCUT2D eigenvalue weighted by molar-refractivity contribution is -0.142. The zero-order valence-electron chi connectivity index (χ0n) is 16.4. The highest BCUT2D eigenvalue weighted by Crippen LogP contribution is 2.48. The Balaban J connectivity index is 1.26. The largest absolute Gasteiger partial charge is 0.395 e. The monoisotopic (exact) mass is 397 g/mol. The van der Waals surface area contributed by atoms with Crippen LogP contribution in [-0.4, -0.2) is 88.0 Å². The Bertz CT molecular complexity index is 568. The van der Waals surface area contributed by atoms with Crippen LogP contribution in [0.15, 0.2) is 0 Å². The third-order valence-corrected chi connectivity index (χ3v) is 8.38. The van der Waals surface area contributed by atoms with E-state index in [4.69, 9.17) is 4.74 Å². The molecule has 2 aliphatic carbocycles. The fourth-order valence-corrected chi connectivity index (χ4v) is 6.55. The lowest BCUT2D eigenvalue weighted by Crippen LogP contribution is -2.63. The maximum Gasteiger partial charge on any atom is 0.141 e. The van der Waals surface area contributed by atoms with E-state index in [1.54, 1.807) is 0 Å². The van der Waals surface area contributed by atoms with Gasteiger partial charge in [0.1, 0.15) is 24.5 Å². The summed E-state index contributed by atoms with van der Waals surface area (Å²) in [7, 11) is 0. The van der Waals surface area contributed by atoms with Crippen LogP contribution in [0.1, 0.15) is 38.5 Å². The van der Waals surface area contributed by atoms with Gasteiger partial charge in [0.2, 0.25) is 0 Å². The van der Waals surface area contributed by atoms with Crippen molar-refractivity contribution in [2.75, 3.05) is 19.8 Å². The molecule has 6 N–H and O–H groups in total.